The number of imidazole rings is 1. The minimum atomic E-state index is -4.89. The minimum absolute atomic E-state index is 0.0485. The van der Waals surface area contributed by atoms with Crippen molar-refractivity contribution >= 4 is 41.1 Å². The summed E-state index contributed by atoms with van der Waals surface area (Å²) < 4.78 is 65.9. The Balaban J connectivity index is 1.44. The maximum absolute atomic E-state index is 14.9. The van der Waals surface area contributed by atoms with Gasteiger partial charge in [0.2, 0.25) is 5.91 Å². The van der Waals surface area contributed by atoms with Crippen molar-refractivity contribution in [3.63, 3.8) is 0 Å². The lowest BCUT2D eigenvalue weighted by molar-refractivity contribution is -0.140. The Morgan fingerprint density at radius 3 is 2.70 bits per heavy atom. The highest BCUT2D eigenvalue weighted by molar-refractivity contribution is 6.30. The second-order valence-electron chi connectivity index (χ2n) is 10.0. The molecule has 0 aliphatic carbocycles. The van der Waals surface area contributed by atoms with Crippen LogP contribution in [-0.4, -0.2) is 46.6 Å². The zero-order chi connectivity index (χ0) is 30.9. The van der Waals surface area contributed by atoms with Crippen molar-refractivity contribution in [1.82, 2.24) is 14.9 Å². The number of aromatic nitrogens is 2. The Hall–Kier alpha value is -4.33. The van der Waals surface area contributed by atoms with Crippen LogP contribution in [0.15, 0.2) is 36.5 Å². The number of amides is 3. The number of hydrogen-bond acceptors (Lipinski definition) is 6. The van der Waals surface area contributed by atoms with Gasteiger partial charge in [-0.05, 0) is 43.2 Å². The lowest BCUT2D eigenvalue weighted by Crippen LogP contribution is -2.42. The summed E-state index contributed by atoms with van der Waals surface area (Å²) in [5, 5.41) is 4.88. The Bertz CT molecular complexity index is 1560. The molecule has 2 aromatic carbocycles. The maximum atomic E-state index is 14.9. The van der Waals surface area contributed by atoms with Gasteiger partial charge in [0.15, 0.2) is 0 Å². The molecule has 2 atom stereocenters. The summed E-state index contributed by atoms with van der Waals surface area (Å²) in [6.07, 6.45) is -5.12. The van der Waals surface area contributed by atoms with Crippen LogP contribution in [0.3, 0.4) is 0 Å². The van der Waals surface area contributed by atoms with Crippen molar-refractivity contribution in [2.24, 2.45) is 0 Å². The number of methoxy groups -OCH3 is 1. The van der Waals surface area contributed by atoms with Crippen molar-refractivity contribution in [2.75, 3.05) is 24.3 Å². The van der Waals surface area contributed by atoms with Crippen molar-refractivity contribution in [1.29, 1.82) is 0 Å². The summed E-state index contributed by atoms with van der Waals surface area (Å²) in [6, 6.07) is 5.66. The van der Waals surface area contributed by atoms with Crippen LogP contribution in [0.5, 0.6) is 0 Å². The third kappa shape index (κ3) is 6.38. The van der Waals surface area contributed by atoms with Gasteiger partial charge < -0.3 is 19.8 Å². The van der Waals surface area contributed by atoms with Crippen LogP contribution in [0.4, 0.5) is 38.5 Å². The number of H-pyrrole nitrogens is 1. The molecule has 2 aliphatic rings. The number of anilines is 2. The zero-order valence-electron chi connectivity index (χ0n) is 22.7. The average Bonchev–Trinajstić information content (AvgIpc) is 3.43. The van der Waals surface area contributed by atoms with Crippen molar-refractivity contribution in [3.05, 3.63) is 64.3 Å². The average molecular weight is 624 g/mol. The summed E-state index contributed by atoms with van der Waals surface area (Å²) in [5.41, 5.74) is -0.236. The van der Waals surface area contributed by atoms with Crippen LogP contribution in [0, 0.1) is 5.82 Å². The first-order valence-electron chi connectivity index (χ1n) is 13.3. The zero-order valence-corrected chi connectivity index (χ0v) is 23.4. The van der Waals surface area contributed by atoms with Gasteiger partial charge in [-0.2, -0.15) is 13.2 Å². The molecule has 0 saturated carbocycles. The number of nitrogens with zero attached hydrogens (tertiary/aromatic N) is 2. The molecular formula is C28H26ClF4N5O5. The molecule has 2 bridgehead atoms. The third-order valence-electron chi connectivity index (χ3n) is 7.30. The number of hydrogen-bond donors (Lipinski definition) is 3. The predicted octanol–water partition coefficient (Wildman–Crippen LogP) is 7.20. The summed E-state index contributed by atoms with van der Waals surface area (Å²) in [5.74, 6) is -1.16. The third-order valence-corrected chi connectivity index (χ3v) is 7.60. The van der Waals surface area contributed by atoms with Crippen LogP contribution < -0.4 is 10.6 Å². The van der Waals surface area contributed by atoms with Gasteiger partial charge in [0.05, 0.1) is 41.3 Å². The second-order valence-corrected chi connectivity index (χ2v) is 10.5. The molecule has 1 fully saturated rings. The lowest BCUT2D eigenvalue weighted by Gasteiger charge is -2.37. The number of fused-ring (bicyclic) bond motifs is 4. The van der Waals surface area contributed by atoms with Crippen molar-refractivity contribution < 1.29 is 41.4 Å². The molecule has 2 aliphatic heterocycles. The molecule has 0 radical (unpaired) electrons. The molecule has 1 aromatic heterocycles. The van der Waals surface area contributed by atoms with E-state index in [4.69, 9.17) is 16.3 Å². The van der Waals surface area contributed by atoms with E-state index in [-0.39, 0.29) is 25.3 Å². The van der Waals surface area contributed by atoms with Gasteiger partial charge in [0.25, 0.3) is 0 Å². The highest BCUT2D eigenvalue weighted by atomic mass is 35.5. The molecular weight excluding hydrogens is 598 g/mol. The Kier molecular flexibility index (Phi) is 8.49. The van der Waals surface area contributed by atoms with Gasteiger partial charge in [0, 0.05) is 36.2 Å². The van der Waals surface area contributed by atoms with E-state index >= 15 is 0 Å². The fourth-order valence-corrected chi connectivity index (χ4v) is 5.42. The van der Waals surface area contributed by atoms with E-state index in [1.807, 2.05) is 0 Å². The Labute approximate surface area is 247 Å². The Morgan fingerprint density at radius 1 is 1.19 bits per heavy atom. The van der Waals surface area contributed by atoms with E-state index in [0.717, 1.165) is 6.07 Å². The first kappa shape index (κ1) is 30.1. The summed E-state index contributed by atoms with van der Waals surface area (Å²) >= 11 is 5.78. The molecule has 1 saturated heterocycles. The smallest absolute Gasteiger partial charge is 0.416 e. The second kappa shape index (κ2) is 12.1. The number of alkyl halides is 3. The maximum Gasteiger partial charge on any atom is 0.416 e. The summed E-state index contributed by atoms with van der Waals surface area (Å²) in [6.45, 7) is -0.0485. The largest absolute Gasteiger partial charge is 0.453 e. The fourth-order valence-electron chi connectivity index (χ4n) is 5.26. The van der Waals surface area contributed by atoms with E-state index in [1.54, 1.807) is 18.2 Å². The molecule has 15 heteroatoms. The number of ether oxygens (including phenoxy) is 2. The van der Waals surface area contributed by atoms with Crippen LogP contribution in [-0.2, 0) is 20.4 Å². The monoisotopic (exact) mass is 623 g/mol. The van der Waals surface area contributed by atoms with E-state index < -0.39 is 52.5 Å². The number of cyclic esters (lactones) is 1. The SMILES string of the molecule is COC(=O)Nc1ccc2c(c1)NC(=O)CCCCC(N1CCC(c3c(C(F)(F)F)ccc(Cl)c3F)OC1=O)c1ncc-2[nH]1. The van der Waals surface area contributed by atoms with Gasteiger partial charge in [-0.15, -0.1) is 0 Å². The minimum Gasteiger partial charge on any atom is -0.453 e. The number of rotatable bonds is 3. The van der Waals surface area contributed by atoms with Crippen LogP contribution >= 0.6 is 11.6 Å². The molecule has 3 heterocycles. The first-order chi connectivity index (χ1) is 20.5. The van der Waals surface area contributed by atoms with Gasteiger partial charge in [-0.3, -0.25) is 15.0 Å². The summed E-state index contributed by atoms with van der Waals surface area (Å²) in [7, 11) is 1.22. The number of benzene rings is 2. The molecule has 2 unspecified atom stereocenters. The van der Waals surface area contributed by atoms with E-state index in [0.29, 0.717) is 53.8 Å². The van der Waals surface area contributed by atoms with Crippen LogP contribution in [0.1, 0.15) is 61.2 Å². The van der Waals surface area contributed by atoms with Crippen molar-refractivity contribution in [3.8, 4) is 11.3 Å². The van der Waals surface area contributed by atoms with E-state index in [9.17, 15) is 31.9 Å². The van der Waals surface area contributed by atoms with Crippen LogP contribution in [0.25, 0.3) is 11.3 Å². The van der Waals surface area contributed by atoms with Gasteiger partial charge in [0.1, 0.15) is 17.7 Å². The number of carbonyl (C=O) groups is 3. The molecule has 228 valence electrons. The molecule has 43 heavy (non-hydrogen) atoms. The lowest BCUT2D eigenvalue weighted by atomic mass is 9.97. The highest BCUT2D eigenvalue weighted by Gasteiger charge is 2.42. The van der Waals surface area contributed by atoms with E-state index in [1.165, 1.54) is 18.2 Å². The Morgan fingerprint density at radius 2 is 1.98 bits per heavy atom. The van der Waals surface area contributed by atoms with Crippen molar-refractivity contribution in [2.45, 2.75) is 50.4 Å². The van der Waals surface area contributed by atoms with Gasteiger partial charge in [-0.25, -0.2) is 19.0 Å². The molecule has 3 N–H and O–H groups in total. The normalized spacial score (nSPS) is 19.3. The molecule has 0 spiro atoms. The number of halogens is 5. The van der Waals surface area contributed by atoms with Gasteiger partial charge >= 0.3 is 18.4 Å². The topological polar surface area (TPSA) is 126 Å². The van der Waals surface area contributed by atoms with E-state index in [2.05, 4.69) is 25.3 Å². The molecule has 3 amide bonds. The predicted molar refractivity (Wildman–Crippen MR) is 147 cm³/mol. The number of carbonyl (C=O) groups excluding carboxylic acids is 3. The molecule has 5 rings (SSSR count). The highest BCUT2D eigenvalue weighted by Crippen LogP contribution is 2.43. The molecule has 3 aromatic rings. The summed E-state index contributed by atoms with van der Waals surface area (Å²) in [4.78, 5) is 46.6. The number of nitrogens with one attached hydrogen (secondary N) is 3. The van der Waals surface area contributed by atoms with Crippen LogP contribution in [0.2, 0.25) is 5.02 Å². The fraction of sp³-hybridized carbons (Fsp3) is 0.357. The standard InChI is InChI=1S/C28H26ClF4N5O5/c1-42-26(40)35-14-6-7-15-18(12-14)36-22(39)5-3-2-4-20(25-34-13-19(15)37-25)38-11-10-21(43-27(38)41)23-16(28(31,32)33)8-9-17(29)24(23)30/h6-9,12-13,20-21H,2-5,10-11H2,1H3,(H,34,37)(H,35,40)(H,36,39). The number of aromatic amines is 1. The quantitative estimate of drug-likeness (QED) is 0.265. The molecule has 10 nitrogen and oxygen atoms in total. The first-order valence-corrected chi connectivity index (χ1v) is 13.7. The van der Waals surface area contributed by atoms with Gasteiger partial charge in [-0.1, -0.05) is 18.0 Å².